The largest absolute Gasteiger partial charge is 0.497 e. The maximum atomic E-state index is 12.7. The lowest BCUT2D eigenvalue weighted by Gasteiger charge is -2.46. The maximum Gasteiger partial charge on any atom is 0.290 e. The number of carboxylic acid groups (broad SMARTS) is 1. The van der Waals surface area contributed by atoms with Crippen molar-refractivity contribution < 1.29 is 19.4 Å². The highest BCUT2D eigenvalue weighted by molar-refractivity contribution is 5.91. The van der Waals surface area contributed by atoms with Crippen LogP contribution in [0.2, 0.25) is 0 Å². The van der Waals surface area contributed by atoms with Crippen molar-refractivity contribution in [1.82, 2.24) is 25.5 Å². The number of nitrogens with one attached hydrogen (secondary N) is 2. The fourth-order valence-corrected chi connectivity index (χ4v) is 4.34. The normalized spacial score (nSPS) is 17.4. The van der Waals surface area contributed by atoms with Crippen LogP contribution in [0.25, 0.3) is 5.69 Å². The first-order chi connectivity index (χ1) is 14.1. The third kappa shape index (κ3) is 6.80. The maximum absolute atomic E-state index is 12.7. The Morgan fingerprint density at radius 2 is 1.93 bits per heavy atom. The van der Waals surface area contributed by atoms with Crippen molar-refractivity contribution in [3.63, 3.8) is 0 Å². The number of ether oxygens (including phenoxy) is 1. The van der Waals surface area contributed by atoms with E-state index in [4.69, 9.17) is 14.6 Å². The molecule has 1 aromatic heterocycles. The summed E-state index contributed by atoms with van der Waals surface area (Å²) in [5, 5.41) is 24.7. The molecule has 1 amide bonds. The monoisotopic (exact) mass is 418 g/mol. The second-order valence-corrected chi connectivity index (χ2v) is 8.70. The molecule has 1 fully saturated rings. The number of carbonyl (C=O) groups is 2. The molecule has 0 radical (unpaired) electrons. The summed E-state index contributed by atoms with van der Waals surface area (Å²) in [6, 6.07) is 5.43. The molecular weight excluding hydrogens is 388 g/mol. The lowest BCUT2D eigenvalue weighted by Crippen LogP contribution is -2.58. The molecule has 10 nitrogen and oxygen atoms in total. The third-order valence-electron chi connectivity index (χ3n) is 4.77. The zero-order valence-corrected chi connectivity index (χ0v) is 18.0. The van der Waals surface area contributed by atoms with Crippen molar-refractivity contribution in [3.8, 4) is 11.4 Å². The van der Waals surface area contributed by atoms with Gasteiger partial charge in [0, 0.05) is 35.3 Å². The first-order valence-corrected chi connectivity index (χ1v) is 9.67. The second kappa shape index (κ2) is 9.66. The van der Waals surface area contributed by atoms with Crippen molar-refractivity contribution >= 4 is 18.1 Å². The Bertz CT molecular complexity index is 835. The van der Waals surface area contributed by atoms with Gasteiger partial charge in [0.25, 0.3) is 6.47 Å². The highest BCUT2D eigenvalue weighted by Crippen LogP contribution is 2.35. The van der Waals surface area contributed by atoms with Gasteiger partial charge in [0.1, 0.15) is 12.1 Å². The number of anilines is 1. The van der Waals surface area contributed by atoms with Gasteiger partial charge in [0.2, 0.25) is 5.91 Å². The van der Waals surface area contributed by atoms with Crippen molar-refractivity contribution in [2.24, 2.45) is 5.92 Å². The standard InChI is InChI=1S/C19H28N6O2.CH2O2/c1-18(2)10-13(11-19(3,4)22-18)6-17(26)21-14-7-15(9-16(8-14)27-5)25-12-20-23-24-25;2-1-3/h7-9,12-13,22H,6,10-11H2,1-5H3,(H,21,26);1H,(H,2,3). The molecule has 0 atom stereocenters. The van der Waals surface area contributed by atoms with Gasteiger partial charge in [-0.2, -0.15) is 0 Å². The molecule has 1 saturated heterocycles. The number of nitrogens with zero attached hydrogens (tertiary/aromatic N) is 4. The number of amides is 1. The topological polar surface area (TPSA) is 131 Å². The van der Waals surface area contributed by atoms with Crippen LogP contribution in [0.4, 0.5) is 5.69 Å². The lowest BCUT2D eigenvalue weighted by atomic mass is 9.74. The Kier molecular flexibility index (Phi) is 7.49. The van der Waals surface area contributed by atoms with E-state index in [0.29, 0.717) is 23.8 Å². The highest BCUT2D eigenvalue weighted by atomic mass is 16.5. The van der Waals surface area contributed by atoms with E-state index in [0.717, 1.165) is 18.5 Å². The molecule has 2 heterocycles. The van der Waals surface area contributed by atoms with Crippen molar-refractivity contribution in [1.29, 1.82) is 0 Å². The number of piperidine rings is 1. The Hall–Kier alpha value is -3.01. The van der Waals surface area contributed by atoms with Crippen LogP contribution in [0.15, 0.2) is 24.5 Å². The van der Waals surface area contributed by atoms with Gasteiger partial charge in [-0.05, 0) is 62.9 Å². The Morgan fingerprint density at radius 1 is 1.30 bits per heavy atom. The average Bonchev–Trinajstić information content (AvgIpc) is 3.13. The minimum absolute atomic E-state index is 0.00409. The Morgan fingerprint density at radius 3 is 2.47 bits per heavy atom. The molecule has 2 aromatic rings. The number of hydrogen-bond acceptors (Lipinski definition) is 7. The van der Waals surface area contributed by atoms with Crippen LogP contribution in [0.3, 0.4) is 0 Å². The van der Waals surface area contributed by atoms with Crippen LogP contribution in [0.5, 0.6) is 5.75 Å². The number of carbonyl (C=O) groups excluding carboxylic acids is 1. The molecule has 1 aliphatic rings. The van der Waals surface area contributed by atoms with Gasteiger partial charge in [-0.3, -0.25) is 9.59 Å². The minimum Gasteiger partial charge on any atom is -0.497 e. The molecule has 30 heavy (non-hydrogen) atoms. The van der Waals surface area contributed by atoms with Crippen LogP contribution in [0.1, 0.15) is 47.0 Å². The lowest BCUT2D eigenvalue weighted by molar-refractivity contribution is -0.123. The van der Waals surface area contributed by atoms with Crippen LogP contribution in [-0.4, -0.2) is 55.9 Å². The van der Waals surface area contributed by atoms with E-state index in [9.17, 15) is 4.79 Å². The predicted molar refractivity (Wildman–Crippen MR) is 112 cm³/mol. The number of aromatic nitrogens is 4. The third-order valence-corrected chi connectivity index (χ3v) is 4.77. The molecular formula is C20H30N6O4. The van der Waals surface area contributed by atoms with E-state index in [-0.39, 0.29) is 23.5 Å². The highest BCUT2D eigenvalue weighted by Gasteiger charge is 2.38. The van der Waals surface area contributed by atoms with E-state index in [1.165, 1.54) is 11.0 Å². The number of hydrogen-bond donors (Lipinski definition) is 3. The van der Waals surface area contributed by atoms with Gasteiger partial charge in [-0.25, -0.2) is 4.68 Å². The van der Waals surface area contributed by atoms with Crippen LogP contribution >= 0.6 is 0 Å². The molecule has 0 unspecified atom stereocenters. The minimum atomic E-state index is -0.250. The summed E-state index contributed by atoms with van der Waals surface area (Å²) >= 11 is 0. The van der Waals surface area contributed by atoms with Crippen molar-refractivity contribution in [2.75, 3.05) is 12.4 Å². The van der Waals surface area contributed by atoms with E-state index in [1.54, 1.807) is 13.2 Å². The summed E-state index contributed by atoms with van der Waals surface area (Å²) in [5.41, 5.74) is 1.43. The number of rotatable bonds is 5. The van der Waals surface area contributed by atoms with Gasteiger partial charge in [-0.1, -0.05) is 0 Å². The molecule has 0 spiro atoms. The van der Waals surface area contributed by atoms with E-state index in [1.807, 2.05) is 12.1 Å². The molecule has 1 aliphatic heterocycles. The van der Waals surface area contributed by atoms with Crippen LogP contribution < -0.4 is 15.4 Å². The summed E-state index contributed by atoms with van der Waals surface area (Å²) in [7, 11) is 1.59. The number of benzene rings is 1. The molecule has 0 saturated carbocycles. The molecule has 10 heteroatoms. The molecule has 3 rings (SSSR count). The molecule has 164 valence electrons. The summed E-state index contributed by atoms with van der Waals surface area (Å²) < 4.78 is 6.86. The van der Waals surface area contributed by atoms with Gasteiger partial charge in [0.15, 0.2) is 0 Å². The van der Waals surface area contributed by atoms with Gasteiger partial charge >= 0.3 is 0 Å². The fourth-order valence-electron chi connectivity index (χ4n) is 4.34. The van der Waals surface area contributed by atoms with E-state index < -0.39 is 0 Å². The smallest absolute Gasteiger partial charge is 0.290 e. The quantitative estimate of drug-likeness (QED) is 0.630. The van der Waals surface area contributed by atoms with Gasteiger partial charge in [0.05, 0.1) is 12.8 Å². The molecule has 1 aromatic carbocycles. The summed E-state index contributed by atoms with van der Waals surface area (Å²) in [6.45, 7) is 8.53. The van der Waals surface area contributed by atoms with E-state index in [2.05, 4.69) is 53.9 Å². The molecule has 0 aliphatic carbocycles. The van der Waals surface area contributed by atoms with Crippen molar-refractivity contribution in [2.45, 2.75) is 58.0 Å². The number of methoxy groups -OCH3 is 1. The van der Waals surface area contributed by atoms with Gasteiger partial charge in [-0.15, -0.1) is 5.10 Å². The average molecular weight is 418 g/mol. The Balaban J connectivity index is 0.00000101. The zero-order chi connectivity index (χ0) is 22.4. The zero-order valence-electron chi connectivity index (χ0n) is 18.0. The van der Waals surface area contributed by atoms with Crippen molar-refractivity contribution in [3.05, 3.63) is 24.5 Å². The second-order valence-electron chi connectivity index (χ2n) is 8.70. The van der Waals surface area contributed by atoms with Crippen LogP contribution in [-0.2, 0) is 9.59 Å². The summed E-state index contributed by atoms with van der Waals surface area (Å²) in [4.78, 5) is 21.0. The number of tetrazole rings is 1. The molecule has 3 N–H and O–H groups in total. The van der Waals surface area contributed by atoms with Crippen LogP contribution in [0, 0.1) is 5.92 Å². The summed E-state index contributed by atoms with van der Waals surface area (Å²) in [6.07, 6.45) is 3.93. The SMILES string of the molecule is COc1cc(NC(=O)CC2CC(C)(C)NC(C)(C)C2)cc(-n2cnnn2)c1.O=CO. The van der Waals surface area contributed by atoms with Gasteiger partial charge < -0.3 is 20.5 Å². The molecule has 0 bridgehead atoms. The first-order valence-electron chi connectivity index (χ1n) is 9.67. The fraction of sp³-hybridized carbons (Fsp3) is 0.550. The predicted octanol–water partition coefficient (Wildman–Crippen LogP) is 2.26. The first kappa shape index (κ1) is 23.3. The Labute approximate surface area is 176 Å². The summed E-state index contributed by atoms with van der Waals surface area (Å²) in [5.74, 6) is 0.965. The van der Waals surface area contributed by atoms with E-state index >= 15 is 0 Å².